The van der Waals surface area contributed by atoms with Crippen molar-refractivity contribution < 1.29 is 9.18 Å². The van der Waals surface area contributed by atoms with Crippen LogP contribution >= 0.6 is 0 Å². The largest absolute Gasteiger partial charge is 0.333 e. The predicted octanol–water partition coefficient (Wildman–Crippen LogP) is 5.65. The molecule has 170 valence electrons. The van der Waals surface area contributed by atoms with Crippen LogP contribution in [0.3, 0.4) is 0 Å². The van der Waals surface area contributed by atoms with E-state index in [-0.39, 0.29) is 23.2 Å². The molecule has 0 aliphatic carbocycles. The van der Waals surface area contributed by atoms with E-state index in [9.17, 15) is 14.0 Å². The van der Waals surface area contributed by atoms with Crippen LogP contribution in [-0.2, 0) is 4.79 Å². The third-order valence-corrected chi connectivity index (χ3v) is 6.10. The van der Waals surface area contributed by atoms with Crippen LogP contribution in [0.4, 0.5) is 4.39 Å². The number of carbonyl (C=O) groups excluding carboxylic acids is 1. The summed E-state index contributed by atoms with van der Waals surface area (Å²) in [7, 11) is 0. The van der Waals surface area contributed by atoms with Crippen molar-refractivity contribution >= 4 is 16.8 Å². The summed E-state index contributed by atoms with van der Waals surface area (Å²) < 4.78 is 15.1. The van der Waals surface area contributed by atoms with Gasteiger partial charge in [-0.3, -0.25) is 14.2 Å². The fraction of sp³-hybridized carbons (Fsp3) is 0.423. The molecule has 2 aromatic carbocycles. The number of rotatable bonds is 9. The molecule has 0 spiro atoms. The van der Waals surface area contributed by atoms with Crippen molar-refractivity contribution in [3.05, 3.63) is 70.5 Å². The van der Waals surface area contributed by atoms with Gasteiger partial charge in [0, 0.05) is 12.5 Å². The number of hydrogen-bond acceptors (Lipinski definition) is 3. The van der Waals surface area contributed by atoms with Crippen LogP contribution in [0.1, 0.15) is 65.2 Å². The summed E-state index contributed by atoms with van der Waals surface area (Å²) in [5, 5.41) is 0.483. The molecular weight excluding hydrogens is 405 g/mol. The van der Waals surface area contributed by atoms with Crippen LogP contribution < -0.4 is 5.56 Å². The Morgan fingerprint density at radius 3 is 2.41 bits per heavy atom. The molecule has 2 atom stereocenters. The van der Waals surface area contributed by atoms with Gasteiger partial charge in [0.15, 0.2) is 0 Å². The molecule has 2 unspecified atom stereocenters. The van der Waals surface area contributed by atoms with Gasteiger partial charge in [0.05, 0.1) is 22.6 Å². The third kappa shape index (κ3) is 4.74. The van der Waals surface area contributed by atoms with Gasteiger partial charge in [-0.15, -0.1) is 0 Å². The number of nitrogens with zero attached hydrogens (tertiary/aromatic N) is 3. The number of benzene rings is 2. The highest BCUT2D eigenvalue weighted by atomic mass is 19.1. The maximum absolute atomic E-state index is 13.6. The van der Waals surface area contributed by atoms with E-state index in [1.165, 1.54) is 16.7 Å². The Morgan fingerprint density at radius 1 is 1.09 bits per heavy atom. The highest BCUT2D eigenvalue weighted by Crippen LogP contribution is 2.26. The van der Waals surface area contributed by atoms with Gasteiger partial charge in [-0.25, -0.2) is 9.37 Å². The highest BCUT2D eigenvalue weighted by molar-refractivity contribution is 5.80. The lowest BCUT2D eigenvalue weighted by Gasteiger charge is -2.32. The minimum atomic E-state index is -0.425. The molecule has 0 N–H and O–H groups in total. The third-order valence-electron chi connectivity index (χ3n) is 6.10. The maximum atomic E-state index is 13.6. The van der Waals surface area contributed by atoms with E-state index >= 15 is 0 Å². The first-order chi connectivity index (χ1) is 15.4. The number of halogens is 1. The minimum absolute atomic E-state index is 0.0520. The number of fused-ring (bicyclic) bond motifs is 1. The number of hydrogen-bond donors (Lipinski definition) is 0. The van der Waals surface area contributed by atoms with Crippen molar-refractivity contribution in [2.24, 2.45) is 5.92 Å². The lowest BCUT2D eigenvalue weighted by atomic mass is 9.97. The smallest absolute Gasteiger partial charge is 0.266 e. The van der Waals surface area contributed by atoms with Crippen LogP contribution in [0.2, 0.25) is 0 Å². The van der Waals surface area contributed by atoms with E-state index in [1.807, 2.05) is 26.8 Å². The number of unbranched alkanes of at least 4 members (excludes halogenated alkanes) is 1. The first kappa shape index (κ1) is 23.6. The summed E-state index contributed by atoms with van der Waals surface area (Å²) in [6.07, 6.45) is 3.68. The standard InChI is InChI=1S/C26H32FN3O2/c1-5-8-11-19(6-2)25(31)29(7-3)18(4)24-28-23-13-10-9-12-22(23)26(32)30(24)21-16-14-20(27)15-17-21/h9-10,12-19H,5-8,11H2,1-4H3. The van der Waals surface area contributed by atoms with Gasteiger partial charge in [0.2, 0.25) is 5.91 Å². The summed E-state index contributed by atoms with van der Waals surface area (Å²) in [6, 6.07) is 12.5. The van der Waals surface area contributed by atoms with Crippen molar-refractivity contribution in [2.75, 3.05) is 6.54 Å². The van der Waals surface area contributed by atoms with E-state index in [4.69, 9.17) is 4.98 Å². The second-order valence-corrected chi connectivity index (χ2v) is 8.15. The predicted molar refractivity (Wildman–Crippen MR) is 126 cm³/mol. The van der Waals surface area contributed by atoms with Gasteiger partial charge >= 0.3 is 0 Å². The number of para-hydroxylation sites is 1. The van der Waals surface area contributed by atoms with E-state index in [2.05, 4.69) is 6.92 Å². The molecule has 1 amide bonds. The summed E-state index contributed by atoms with van der Waals surface area (Å²) in [5.74, 6) is 0.130. The molecule has 6 heteroatoms. The Kier molecular flexibility index (Phi) is 7.78. The average Bonchev–Trinajstić information content (AvgIpc) is 2.80. The summed E-state index contributed by atoms with van der Waals surface area (Å²) in [6.45, 7) is 8.53. The van der Waals surface area contributed by atoms with Crippen molar-refractivity contribution in [2.45, 2.75) is 59.4 Å². The Hall–Kier alpha value is -3.02. The topological polar surface area (TPSA) is 55.2 Å². The molecule has 3 rings (SSSR count). The van der Waals surface area contributed by atoms with Crippen LogP contribution in [0, 0.1) is 11.7 Å². The summed E-state index contributed by atoms with van der Waals surface area (Å²) in [5.41, 5.74) is 0.878. The lowest BCUT2D eigenvalue weighted by Crippen LogP contribution is -2.40. The zero-order valence-corrected chi connectivity index (χ0v) is 19.3. The Bertz CT molecular complexity index is 1120. The van der Waals surface area contributed by atoms with Gasteiger partial charge in [0.1, 0.15) is 11.6 Å². The molecule has 1 heterocycles. The van der Waals surface area contributed by atoms with Gasteiger partial charge < -0.3 is 4.90 Å². The number of aromatic nitrogens is 2. The Balaban J connectivity index is 2.15. The van der Waals surface area contributed by atoms with Gasteiger partial charge in [-0.2, -0.15) is 0 Å². The maximum Gasteiger partial charge on any atom is 0.266 e. The molecule has 0 aliphatic heterocycles. The number of amides is 1. The molecule has 3 aromatic rings. The van der Waals surface area contributed by atoms with Gasteiger partial charge in [-0.05, 0) is 63.1 Å². The van der Waals surface area contributed by atoms with Gasteiger partial charge in [0.25, 0.3) is 5.56 Å². The highest BCUT2D eigenvalue weighted by Gasteiger charge is 2.29. The molecule has 0 fully saturated rings. The number of carbonyl (C=O) groups is 1. The zero-order chi connectivity index (χ0) is 23.3. The van der Waals surface area contributed by atoms with Crippen molar-refractivity contribution in [1.82, 2.24) is 14.5 Å². The van der Waals surface area contributed by atoms with Crippen LogP contribution in [0.15, 0.2) is 53.3 Å². The molecule has 0 saturated carbocycles. The second kappa shape index (κ2) is 10.5. The first-order valence-corrected chi connectivity index (χ1v) is 11.5. The monoisotopic (exact) mass is 437 g/mol. The van der Waals surface area contributed by atoms with Gasteiger partial charge in [-0.1, -0.05) is 38.8 Å². The lowest BCUT2D eigenvalue weighted by molar-refractivity contribution is -0.138. The van der Waals surface area contributed by atoms with Crippen molar-refractivity contribution in [3.63, 3.8) is 0 Å². The average molecular weight is 438 g/mol. The summed E-state index contributed by atoms with van der Waals surface area (Å²) in [4.78, 5) is 33.5. The van der Waals surface area contributed by atoms with Crippen LogP contribution in [0.25, 0.3) is 16.6 Å². The van der Waals surface area contributed by atoms with Crippen molar-refractivity contribution in [1.29, 1.82) is 0 Å². The molecular formula is C26H32FN3O2. The first-order valence-electron chi connectivity index (χ1n) is 11.5. The molecule has 32 heavy (non-hydrogen) atoms. The van der Waals surface area contributed by atoms with E-state index in [1.54, 1.807) is 35.2 Å². The molecule has 0 radical (unpaired) electrons. The minimum Gasteiger partial charge on any atom is -0.333 e. The Morgan fingerprint density at radius 2 is 1.78 bits per heavy atom. The molecule has 1 aromatic heterocycles. The van der Waals surface area contributed by atoms with Crippen molar-refractivity contribution in [3.8, 4) is 5.69 Å². The quantitative estimate of drug-likeness (QED) is 0.435. The fourth-order valence-corrected chi connectivity index (χ4v) is 4.22. The Labute approximate surface area is 188 Å². The fourth-order valence-electron chi connectivity index (χ4n) is 4.22. The summed E-state index contributed by atoms with van der Waals surface area (Å²) >= 11 is 0. The van der Waals surface area contributed by atoms with E-state index in [0.29, 0.717) is 29.0 Å². The van der Waals surface area contributed by atoms with E-state index < -0.39 is 6.04 Å². The molecule has 0 bridgehead atoms. The zero-order valence-electron chi connectivity index (χ0n) is 19.3. The van der Waals surface area contributed by atoms with Crippen LogP contribution in [0.5, 0.6) is 0 Å². The molecule has 5 nitrogen and oxygen atoms in total. The molecule has 0 aliphatic rings. The van der Waals surface area contributed by atoms with E-state index in [0.717, 1.165) is 25.7 Å². The van der Waals surface area contributed by atoms with Crippen LogP contribution in [-0.4, -0.2) is 26.9 Å². The SMILES string of the molecule is CCCCC(CC)C(=O)N(CC)C(C)c1nc2ccccc2c(=O)n1-c1ccc(F)cc1. The second-order valence-electron chi connectivity index (χ2n) is 8.15. The molecule has 0 saturated heterocycles. The normalized spacial score (nSPS) is 13.2.